The minimum Gasteiger partial charge on any atom is -0.404 e. The van der Waals surface area contributed by atoms with Crippen LogP contribution in [-0.4, -0.2) is 36.6 Å². The zero-order valence-electron chi connectivity index (χ0n) is 20.4. The highest BCUT2D eigenvalue weighted by molar-refractivity contribution is 7.19. The lowest BCUT2D eigenvalue weighted by Gasteiger charge is -2.45. The van der Waals surface area contributed by atoms with Crippen molar-refractivity contribution in [2.75, 3.05) is 26.7 Å². The predicted molar refractivity (Wildman–Crippen MR) is 136 cm³/mol. The van der Waals surface area contributed by atoms with Crippen molar-refractivity contribution in [3.8, 4) is 6.19 Å². The fraction of sp³-hybridized carbons (Fsp3) is 0.577. The van der Waals surface area contributed by atoms with E-state index in [-0.39, 0.29) is 0 Å². The maximum atomic E-state index is 9.16. The monoisotopic (exact) mass is 451 g/mol. The Morgan fingerprint density at radius 3 is 2.66 bits per heavy atom. The van der Waals surface area contributed by atoms with E-state index in [2.05, 4.69) is 51.1 Å². The number of allylic oxidation sites excluding steroid dienone is 2. The number of nitriles is 1. The molecular weight excluding hydrogens is 414 g/mol. The SMILES string of the molecule is C/C(CN(C)C#N)=C(C)/C(=C\N)c1[nH]c2sc(C3CC4(CCNC4)C3)c(C)c2c1C(C)C. The van der Waals surface area contributed by atoms with Gasteiger partial charge in [-0.2, -0.15) is 5.26 Å². The van der Waals surface area contributed by atoms with Crippen molar-refractivity contribution < 1.29 is 0 Å². The summed E-state index contributed by atoms with van der Waals surface area (Å²) in [7, 11) is 1.81. The molecule has 0 amide bonds. The molecule has 0 bridgehead atoms. The van der Waals surface area contributed by atoms with Crippen LogP contribution in [0.4, 0.5) is 0 Å². The Morgan fingerprint density at radius 1 is 1.38 bits per heavy atom. The Balaban J connectivity index is 1.72. The van der Waals surface area contributed by atoms with Crippen LogP contribution in [0, 0.1) is 23.8 Å². The lowest BCUT2D eigenvalue weighted by molar-refractivity contribution is 0.129. The summed E-state index contributed by atoms with van der Waals surface area (Å²) in [5.41, 5.74) is 14.0. The molecule has 32 heavy (non-hydrogen) atoms. The van der Waals surface area contributed by atoms with Crippen molar-refractivity contribution in [1.29, 1.82) is 5.26 Å². The Hall–Kier alpha value is -2.23. The largest absolute Gasteiger partial charge is 0.404 e. The van der Waals surface area contributed by atoms with Crippen LogP contribution in [0.25, 0.3) is 15.8 Å². The van der Waals surface area contributed by atoms with E-state index in [1.54, 1.807) is 16.0 Å². The Morgan fingerprint density at radius 2 is 2.09 bits per heavy atom. The maximum absolute atomic E-state index is 9.16. The van der Waals surface area contributed by atoms with Crippen LogP contribution in [0.3, 0.4) is 0 Å². The van der Waals surface area contributed by atoms with E-state index in [1.165, 1.54) is 53.7 Å². The van der Waals surface area contributed by atoms with E-state index in [9.17, 15) is 0 Å². The summed E-state index contributed by atoms with van der Waals surface area (Å²) in [6, 6.07) is 0. The summed E-state index contributed by atoms with van der Waals surface area (Å²) in [5.74, 6) is 1.09. The summed E-state index contributed by atoms with van der Waals surface area (Å²) in [5, 5.41) is 14.1. The van der Waals surface area contributed by atoms with Gasteiger partial charge in [-0.05, 0) is 86.1 Å². The number of aromatic nitrogens is 1. The summed E-state index contributed by atoms with van der Waals surface area (Å²) in [6.07, 6.45) is 7.91. The molecule has 172 valence electrons. The average molecular weight is 452 g/mol. The van der Waals surface area contributed by atoms with Gasteiger partial charge in [0.15, 0.2) is 6.19 Å². The fourth-order valence-corrected chi connectivity index (χ4v) is 7.21. The summed E-state index contributed by atoms with van der Waals surface area (Å²) in [4.78, 5) is 8.27. The van der Waals surface area contributed by atoms with Crippen LogP contribution >= 0.6 is 11.3 Å². The lowest BCUT2D eigenvalue weighted by Crippen LogP contribution is -2.37. The van der Waals surface area contributed by atoms with Gasteiger partial charge in [0.25, 0.3) is 0 Å². The summed E-state index contributed by atoms with van der Waals surface area (Å²) < 4.78 is 0. The molecule has 0 unspecified atom stereocenters. The molecule has 1 aliphatic carbocycles. The van der Waals surface area contributed by atoms with Gasteiger partial charge in [0.2, 0.25) is 0 Å². The van der Waals surface area contributed by atoms with Gasteiger partial charge in [-0.3, -0.25) is 0 Å². The standard InChI is InChI=1S/C26H37N5S/c1-15(2)21-22-18(5)24(19-9-26(10-19)7-8-29-13-26)32-25(22)30-23(21)20(11-27)17(4)16(3)12-31(6)14-28/h11,15,19,29-30H,7-10,12-13,27H2,1-6H3/b17-16-,20-11+. The molecule has 2 aromatic rings. The van der Waals surface area contributed by atoms with Crippen molar-refractivity contribution in [3.63, 3.8) is 0 Å². The zero-order chi connectivity index (χ0) is 23.2. The number of aromatic amines is 1. The molecule has 1 aliphatic heterocycles. The number of thiophene rings is 1. The van der Waals surface area contributed by atoms with Gasteiger partial charge in [-0.15, -0.1) is 11.3 Å². The minimum atomic E-state index is 0.386. The van der Waals surface area contributed by atoms with Gasteiger partial charge in [-0.1, -0.05) is 13.8 Å². The van der Waals surface area contributed by atoms with E-state index < -0.39 is 0 Å². The van der Waals surface area contributed by atoms with Crippen molar-refractivity contribution in [1.82, 2.24) is 15.2 Å². The summed E-state index contributed by atoms with van der Waals surface area (Å²) in [6.45, 7) is 14.0. The fourth-order valence-electron chi connectivity index (χ4n) is 5.88. The highest BCUT2D eigenvalue weighted by atomic mass is 32.1. The molecule has 1 saturated carbocycles. The molecule has 5 nitrogen and oxygen atoms in total. The minimum absolute atomic E-state index is 0.386. The molecule has 3 heterocycles. The lowest BCUT2D eigenvalue weighted by atomic mass is 9.61. The van der Waals surface area contributed by atoms with Crippen LogP contribution in [0.5, 0.6) is 0 Å². The van der Waals surface area contributed by atoms with Crippen molar-refractivity contribution in [2.24, 2.45) is 11.1 Å². The molecule has 4 N–H and O–H groups in total. The highest BCUT2D eigenvalue weighted by Crippen LogP contribution is 2.57. The van der Waals surface area contributed by atoms with Crippen molar-refractivity contribution in [2.45, 2.75) is 65.7 Å². The molecule has 1 saturated heterocycles. The van der Waals surface area contributed by atoms with Crippen LogP contribution in [0.1, 0.15) is 80.5 Å². The van der Waals surface area contributed by atoms with E-state index in [0.717, 1.165) is 22.4 Å². The number of nitrogens with two attached hydrogens (primary N) is 1. The number of H-pyrrole nitrogens is 1. The van der Waals surface area contributed by atoms with Gasteiger partial charge < -0.3 is 20.9 Å². The Labute approximate surface area is 196 Å². The van der Waals surface area contributed by atoms with Gasteiger partial charge in [0.1, 0.15) is 4.83 Å². The Bertz CT molecular complexity index is 1110. The van der Waals surface area contributed by atoms with Gasteiger partial charge in [0.05, 0.1) is 5.69 Å². The van der Waals surface area contributed by atoms with E-state index in [0.29, 0.717) is 23.8 Å². The van der Waals surface area contributed by atoms with Crippen LogP contribution in [0.2, 0.25) is 0 Å². The Kier molecular flexibility index (Phi) is 6.17. The molecule has 0 aromatic carbocycles. The van der Waals surface area contributed by atoms with Gasteiger partial charge >= 0.3 is 0 Å². The van der Waals surface area contributed by atoms with Crippen LogP contribution in [-0.2, 0) is 0 Å². The van der Waals surface area contributed by atoms with E-state index in [4.69, 9.17) is 11.0 Å². The third-order valence-corrected chi connectivity index (χ3v) is 9.09. The second-order valence-corrected chi connectivity index (χ2v) is 11.4. The van der Waals surface area contributed by atoms with Crippen LogP contribution in [0.15, 0.2) is 17.3 Å². The van der Waals surface area contributed by atoms with Crippen molar-refractivity contribution >= 4 is 27.1 Å². The number of hydrogen-bond acceptors (Lipinski definition) is 5. The first kappa shape index (κ1) is 22.9. The summed E-state index contributed by atoms with van der Waals surface area (Å²) >= 11 is 1.95. The number of fused-ring (bicyclic) bond motifs is 1. The normalized spacial score (nSPS) is 24.2. The van der Waals surface area contributed by atoms with Crippen LogP contribution < -0.4 is 11.1 Å². The number of rotatable bonds is 6. The molecule has 1 spiro atoms. The molecule has 2 fully saturated rings. The number of nitrogens with zero attached hydrogens (tertiary/aromatic N) is 2. The first-order valence-electron chi connectivity index (χ1n) is 11.8. The second-order valence-electron chi connectivity index (χ2n) is 10.3. The average Bonchev–Trinajstić information content (AvgIpc) is 3.42. The first-order chi connectivity index (χ1) is 15.2. The van der Waals surface area contributed by atoms with E-state index >= 15 is 0 Å². The van der Waals surface area contributed by atoms with Gasteiger partial charge in [-0.25, -0.2) is 0 Å². The smallest absolute Gasteiger partial charge is 0.179 e. The number of nitrogens with one attached hydrogen (secondary N) is 2. The molecule has 4 rings (SSSR count). The topological polar surface area (TPSA) is 80.9 Å². The molecule has 6 heteroatoms. The molecule has 0 radical (unpaired) electrons. The number of hydrogen-bond donors (Lipinski definition) is 3. The van der Waals surface area contributed by atoms with Crippen molar-refractivity contribution in [3.05, 3.63) is 39.0 Å². The predicted octanol–water partition coefficient (Wildman–Crippen LogP) is 5.57. The van der Waals surface area contributed by atoms with Gasteiger partial charge in [0, 0.05) is 42.2 Å². The molecule has 2 aliphatic rings. The number of aryl methyl sites for hydroxylation is 1. The quantitative estimate of drug-likeness (QED) is 0.305. The zero-order valence-corrected chi connectivity index (χ0v) is 21.2. The third kappa shape index (κ3) is 3.76. The maximum Gasteiger partial charge on any atom is 0.179 e. The second kappa shape index (κ2) is 8.61. The molecular formula is C26H37N5S. The highest BCUT2D eigenvalue weighted by Gasteiger charge is 2.47. The third-order valence-electron chi connectivity index (χ3n) is 7.73. The van der Waals surface area contributed by atoms with E-state index in [1.807, 2.05) is 18.4 Å². The molecule has 2 aromatic heterocycles. The first-order valence-corrected chi connectivity index (χ1v) is 12.6. The number of likely N-dealkylation sites (N-methyl/N-ethyl adjacent to an activating group) is 1. The molecule has 0 atom stereocenters.